The van der Waals surface area contributed by atoms with Gasteiger partial charge >= 0.3 is 5.97 Å². The van der Waals surface area contributed by atoms with Gasteiger partial charge in [0.2, 0.25) is 5.76 Å². The number of likely N-dealkylation sites (N-methyl/N-ethyl adjacent to an activating group) is 1. The third-order valence-electron chi connectivity index (χ3n) is 6.59. The number of allylic oxidation sites excluding steroid dienone is 1. The van der Waals surface area contributed by atoms with Crippen LogP contribution in [0.1, 0.15) is 35.5 Å². The molecule has 0 atom stereocenters. The van der Waals surface area contributed by atoms with E-state index in [0.29, 0.717) is 16.9 Å². The summed E-state index contributed by atoms with van der Waals surface area (Å²) in [6.45, 7) is 3.89. The molecule has 1 aliphatic rings. The number of anilines is 1. The van der Waals surface area contributed by atoms with Gasteiger partial charge in [-0.1, -0.05) is 68.4 Å². The minimum Gasteiger partial charge on any atom is -0.489 e. The fourth-order valence-electron chi connectivity index (χ4n) is 4.73. The molecule has 36 heavy (non-hydrogen) atoms. The van der Waals surface area contributed by atoms with Gasteiger partial charge < -0.3 is 18.8 Å². The number of fused-ring (bicyclic) bond motifs is 2. The molecule has 6 nitrogen and oxygen atoms in total. The molecule has 2 heterocycles. The standard InChI is InChI=1S/C30H27NO5/c1-30(2)24-14-8-9-15-25(24)31(3)27(30)17-20(32)18-35-29(33)28-23(19-34-21-11-5-4-6-12-21)22-13-7-10-16-26(22)36-28/h4-17H,18-19H2,1-3H3. The Balaban J connectivity index is 1.33. The second-order valence-corrected chi connectivity index (χ2v) is 9.28. The summed E-state index contributed by atoms with van der Waals surface area (Å²) in [5.74, 6) is -0.289. The number of rotatable bonds is 7. The van der Waals surface area contributed by atoms with Crippen molar-refractivity contribution < 1.29 is 23.5 Å². The molecule has 0 spiro atoms. The second-order valence-electron chi connectivity index (χ2n) is 9.28. The fraction of sp³-hybridized carbons (Fsp3) is 0.200. The molecule has 1 aliphatic heterocycles. The SMILES string of the molecule is CN1C(=CC(=O)COC(=O)c2oc3ccccc3c2COc2ccccc2)C(C)(C)c2ccccc21. The lowest BCUT2D eigenvalue weighted by Crippen LogP contribution is -2.25. The molecular formula is C30H27NO5. The van der Waals surface area contributed by atoms with Gasteiger partial charge in [-0.15, -0.1) is 0 Å². The summed E-state index contributed by atoms with van der Waals surface area (Å²) in [5, 5.41) is 0.765. The zero-order chi connectivity index (χ0) is 25.3. The number of hydrogen-bond acceptors (Lipinski definition) is 6. The van der Waals surface area contributed by atoms with Crippen molar-refractivity contribution in [2.45, 2.75) is 25.9 Å². The number of hydrogen-bond donors (Lipinski definition) is 0. The number of carbonyl (C=O) groups excluding carboxylic acids is 2. The lowest BCUT2D eigenvalue weighted by molar-refractivity contribution is -0.117. The van der Waals surface area contributed by atoms with Crippen LogP contribution in [0.2, 0.25) is 0 Å². The number of para-hydroxylation sites is 3. The number of nitrogens with zero attached hydrogens (tertiary/aromatic N) is 1. The van der Waals surface area contributed by atoms with E-state index >= 15 is 0 Å². The van der Waals surface area contributed by atoms with E-state index in [-0.39, 0.29) is 23.6 Å². The highest BCUT2D eigenvalue weighted by Crippen LogP contribution is 2.46. The van der Waals surface area contributed by atoms with Crippen molar-refractivity contribution in [2.75, 3.05) is 18.6 Å². The zero-order valence-electron chi connectivity index (χ0n) is 20.5. The molecule has 0 aliphatic carbocycles. The molecule has 3 aromatic carbocycles. The van der Waals surface area contributed by atoms with Crippen LogP contribution in [-0.4, -0.2) is 25.4 Å². The third-order valence-corrected chi connectivity index (χ3v) is 6.59. The van der Waals surface area contributed by atoms with Crippen LogP contribution in [0.25, 0.3) is 11.0 Å². The fourth-order valence-corrected chi connectivity index (χ4v) is 4.73. The largest absolute Gasteiger partial charge is 0.489 e. The van der Waals surface area contributed by atoms with Crippen LogP contribution < -0.4 is 9.64 Å². The molecule has 0 bridgehead atoms. The van der Waals surface area contributed by atoms with Crippen LogP contribution in [0.5, 0.6) is 5.75 Å². The van der Waals surface area contributed by atoms with Crippen molar-refractivity contribution in [3.8, 4) is 5.75 Å². The first kappa shape index (κ1) is 23.4. The van der Waals surface area contributed by atoms with Gasteiger partial charge in [0.05, 0.1) is 5.56 Å². The lowest BCUT2D eigenvalue weighted by atomic mass is 9.83. The quantitative estimate of drug-likeness (QED) is 0.236. The minimum absolute atomic E-state index is 0.0401. The summed E-state index contributed by atoms with van der Waals surface area (Å²) in [6, 6.07) is 24.7. The Morgan fingerprint density at radius 1 is 0.944 bits per heavy atom. The highest BCUT2D eigenvalue weighted by atomic mass is 16.5. The summed E-state index contributed by atoms with van der Waals surface area (Å²) in [7, 11) is 1.94. The van der Waals surface area contributed by atoms with Crippen molar-refractivity contribution in [2.24, 2.45) is 0 Å². The van der Waals surface area contributed by atoms with Crippen LogP contribution in [0, 0.1) is 0 Å². The lowest BCUT2D eigenvalue weighted by Gasteiger charge is -2.23. The summed E-state index contributed by atoms with van der Waals surface area (Å²) < 4.78 is 17.1. The van der Waals surface area contributed by atoms with Crippen molar-refractivity contribution >= 4 is 28.4 Å². The summed E-state index contributed by atoms with van der Waals surface area (Å²) in [5.41, 5.74) is 3.85. The zero-order valence-corrected chi connectivity index (χ0v) is 20.5. The van der Waals surface area contributed by atoms with Crippen LogP contribution in [0.15, 0.2) is 95.1 Å². The molecule has 0 unspecified atom stereocenters. The predicted molar refractivity (Wildman–Crippen MR) is 138 cm³/mol. The smallest absolute Gasteiger partial charge is 0.375 e. The molecule has 0 saturated heterocycles. The number of esters is 1. The van der Waals surface area contributed by atoms with E-state index in [9.17, 15) is 9.59 Å². The van der Waals surface area contributed by atoms with Crippen molar-refractivity contribution in [3.05, 3.63) is 108 Å². The van der Waals surface area contributed by atoms with E-state index in [1.165, 1.54) is 0 Å². The van der Waals surface area contributed by atoms with Gasteiger partial charge in [0.25, 0.3) is 0 Å². The molecule has 1 aromatic heterocycles. The van der Waals surface area contributed by atoms with Gasteiger partial charge in [-0.3, -0.25) is 4.79 Å². The van der Waals surface area contributed by atoms with E-state index in [1.54, 1.807) is 12.1 Å². The number of benzene rings is 3. The number of furan rings is 1. The Bertz CT molecular complexity index is 1470. The van der Waals surface area contributed by atoms with Crippen LogP contribution in [0.4, 0.5) is 5.69 Å². The summed E-state index contributed by atoms with van der Waals surface area (Å²) >= 11 is 0. The van der Waals surface area contributed by atoms with Crippen molar-refractivity contribution in [1.82, 2.24) is 0 Å². The van der Waals surface area contributed by atoms with Crippen molar-refractivity contribution in [1.29, 1.82) is 0 Å². The maximum atomic E-state index is 13.0. The van der Waals surface area contributed by atoms with E-state index < -0.39 is 12.6 Å². The van der Waals surface area contributed by atoms with E-state index in [4.69, 9.17) is 13.9 Å². The Morgan fingerprint density at radius 2 is 1.64 bits per heavy atom. The highest BCUT2D eigenvalue weighted by molar-refractivity contribution is 5.99. The molecule has 0 fully saturated rings. The first-order valence-corrected chi connectivity index (χ1v) is 11.8. The summed E-state index contributed by atoms with van der Waals surface area (Å²) in [4.78, 5) is 27.9. The van der Waals surface area contributed by atoms with Gasteiger partial charge in [-0.25, -0.2) is 4.79 Å². The average molecular weight is 482 g/mol. The second kappa shape index (κ2) is 9.38. The normalized spacial score (nSPS) is 15.2. The first-order chi connectivity index (χ1) is 17.4. The maximum absolute atomic E-state index is 13.0. The Kier molecular flexibility index (Phi) is 6.10. The molecule has 0 radical (unpaired) electrons. The molecule has 6 heteroatoms. The first-order valence-electron chi connectivity index (χ1n) is 11.8. The summed E-state index contributed by atoms with van der Waals surface area (Å²) in [6.07, 6.45) is 1.56. The van der Waals surface area contributed by atoms with Gasteiger partial charge in [-0.2, -0.15) is 0 Å². The predicted octanol–water partition coefficient (Wildman–Crippen LogP) is 6.05. The van der Waals surface area contributed by atoms with Crippen molar-refractivity contribution in [3.63, 3.8) is 0 Å². The van der Waals surface area contributed by atoms with Gasteiger partial charge in [-0.05, 0) is 29.8 Å². The van der Waals surface area contributed by atoms with Gasteiger partial charge in [0, 0.05) is 35.3 Å². The average Bonchev–Trinajstić information content (AvgIpc) is 3.36. The Hall–Kier alpha value is -4.32. The van der Waals surface area contributed by atoms with Gasteiger partial charge in [0.1, 0.15) is 17.9 Å². The third kappa shape index (κ3) is 4.26. The van der Waals surface area contributed by atoms with E-state index in [1.807, 2.05) is 78.7 Å². The molecule has 182 valence electrons. The monoisotopic (exact) mass is 481 g/mol. The molecule has 5 rings (SSSR count). The Labute approximate surface area is 209 Å². The molecule has 0 N–H and O–H groups in total. The maximum Gasteiger partial charge on any atom is 0.375 e. The molecule has 0 saturated carbocycles. The molecular weight excluding hydrogens is 454 g/mol. The molecule has 0 amide bonds. The molecule has 4 aromatic rings. The number of ketones is 1. The van der Waals surface area contributed by atoms with Crippen LogP contribution in [-0.2, 0) is 21.6 Å². The van der Waals surface area contributed by atoms with E-state index in [2.05, 4.69) is 19.9 Å². The Morgan fingerprint density at radius 3 is 2.42 bits per heavy atom. The highest BCUT2D eigenvalue weighted by Gasteiger charge is 2.38. The van der Waals surface area contributed by atoms with Gasteiger partial charge in [0.15, 0.2) is 12.4 Å². The van der Waals surface area contributed by atoms with Crippen LogP contribution in [0.3, 0.4) is 0 Å². The number of carbonyl (C=O) groups is 2. The topological polar surface area (TPSA) is 69.0 Å². The van der Waals surface area contributed by atoms with Crippen LogP contribution >= 0.6 is 0 Å². The number of ether oxygens (including phenoxy) is 2. The minimum atomic E-state index is -0.702. The van der Waals surface area contributed by atoms with E-state index in [0.717, 1.165) is 22.3 Å².